The number of hydrogen-bond donors (Lipinski definition) is 0. The van der Waals surface area contributed by atoms with Gasteiger partial charge in [0.25, 0.3) is 0 Å². The summed E-state index contributed by atoms with van der Waals surface area (Å²) in [5.41, 5.74) is 1.95. The van der Waals surface area contributed by atoms with Gasteiger partial charge in [0.1, 0.15) is 0 Å². The van der Waals surface area contributed by atoms with Gasteiger partial charge in [-0.05, 0) is 24.3 Å². The summed E-state index contributed by atoms with van der Waals surface area (Å²) in [7, 11) is 0. The van der Waals surface area contributed by atoms with Gasteiger partial charge in [0, 0.05) is 24.5 Å². The zero-order chi connectivity index (χ0) is 12.7. The third-order valence-corrected chi connectivity index (χ3v) is 4.67. The van der Waals surface area contributed by atoms with Crippen LogP contribution in [0.25, 0.3) is 20.4 Å². The van der Waals surface area contributed by atoms with Gasteiger partial charge in [0.05, 0.1) is 20.4 Å². The van der Waals surface area contributed by atoms with E-state index in [1.165, 1.54) is 0 Å². The van der Waals surface area contributed by atoms with Crippen LogP contribution in [0.2, 0.25) is 0 Å². The summed E-state index contributed by atoms with van der Waals surface area (Å²) in [5, 5.41) is 1.72. The fourth-order valence-corrected chi connectivity index (χ4v) is 3.71. The fourth-order valence-electron chi connectivity index (χ4n) is 1.89. The van der Waals surface area contributed by atoms with E-state index in [2.05, 4.69) is 9.97 Å². The molecule has 0 aliphatic carbocycles. The molecule has 0 spiro atoms. The molecule has 19 heavy (non-hydrogen) atoms. The second-order valence-electron chi connectivity index (χ2n) is 4.01. The summed E-state index contributed by atoms with van der Waals surface area (Å²) in [6.07, 6.45) is 3.59. The largest absolute Gasteiger partial charge is 0.436 e. The topological polar surface area (TPSA) is 35.0 Å². The Balaban J connectivity index is 1.73. The van der Waals surface area contributed by atoms with E-state index in [0.717, 1.165) is 30.6 Å². The van der Waals surface area contributed by atoms with E-state index in [1.807, 2.05) is 36.4 Å². The van der Waals surface area contributed by atoms with Crippen LogP contribution in [-0.4, -0.2) is 9.97 Å². The third-order valence-electron chi connectivity index (χ3n) is 2.73. The summed E-state index contributed by atoms with van der Waals surface area (Å²) < 4.78 is 8.18. The van der Waals surface area contributed by atoms with Crippen LogP contribution < -0.4 is 4.74 Å². The molecule has 0 atom stereocenters. The lowest BCUT2D eigenvalue weighted by Gasteiger charge is -1.95. The molecule has 0 aromatic carbocycles. The van der Waals surface area contributed by atoms with Crippen molar-refractivity contribution in [2.75, 3.05) is 0 Å². The Labute approximate surface area is 117 Å². The first-order valence-corrected chi connectivity index (χ1v) is 7.39. The zero-order valence-electron chi connectivity index (χ0n) is 9.74. The number of aromatic nitrogens is 2. The Morgan fingerprint density at radius 3 is 1.79 bits per heavy atom. The van der Waals surface area contributed by atoms with Crippen LogP contribution in [0.1, 0.15) is 0 Å². The molecular formula is C14H8N2OS2. The van der Waals surface area contributed by atoms with Crippen molar-refractivity contribution in [3.8, 4) is 10.1 Å². The molecular weight excluding hydrogens is 276 g/mol. The molecule has 3 nitrogen and oxygen atoms in total. The molecule has 0 N–H and O–H groups in total. The van der Waals surface area contributed by atoms with E-state index in [4.69, 9.17) is 4.74 Å². The first-order valence-electron chi connectivity index (χ1n) is 5.75. The highest BCUT2D eigenvalue weighted by Crippen LogP contribution is 2.38. The van der Waals surface area contributed by atoms with Crippen LogP contribution >= 0.6 is 22.7 Å². The quantitative estimate of drug-likeness (QED) is 0.535. The SMILES string of the molecule is c1cnc2cc(Oc3cc4ncccc4s3)sc2c1. The summed E-state index contributed by atoms with van der Waals surface area (Å²) in [4.78, 5) is 8.62. The third kappa shape index (κ3) is 1.97. The predicted octanol–water partition coefficient (Wildman–Crippen LogP) is 4.70. The standard InChI is InChI=1S/C14H8N2OS2/c1-3-11-9(15-5-1)7-13(18-11)17-14-8-10-12(19-14)4-2-6-16-10/h1-8H. The molecule has 0 unspecified atom stereocenters. The van der Waals surface area contributed by atoms with E-state index in [9.17, 15) is 0 Å². The van der Waals surface area contributed by atoms with Crippen molar-refractivity contribution >= 4 is 43.1 Å². The van der Waals surface area contributed by atoms with Gasteiger partial charge < -0.3 is 4.74 Å². The minimum atomic E-state index is 0.861. The minimum Gasteiger partial charge on any atom is -0.436 e. The second-order valence-corrected chi connectivity index (χ2v) is 6.10. The van der Waals surface area contributed by atoms with E-state index >= 15 is 0 Å². The molecule has 0 saturated carbocycles. The van der Waals surface area contributed by atoms with Crippen molar-refractivity contribution in [1.29, 1.82) is 0 Å². The average Bonchev–Trinajstić information content (AvgIpc) is 3.00. The summed E-state index contributed by atoms with van der Waals surface area (Å²) >= 11 is 3.21. The Kier molecular flexibility index (Phi) is 2.46. The number of nitrogens with zero attached hydrogens (tertiary/aromatic N) is 2. The highest BCUT2D eigenvalue weighted by atomic mass is 32.1. The van der Waals surface area contributed by atoms with Gasteiger partial charge in [-0.25, -0.2) is 0 Å². The van der Waals surface area contributed by atoms with Gasteiger partial charge in [0.15, 0.2) is 10.1 Å². The molecule has 0 aliphatic heterocycles. The van der Waals surface area contributed by atoms with Gasteiger partial charge in [0.2, 0.25) is 0 Å². The highest BCUT2D eigenvalue weighted by Gasteiger charge is 2.07. The Bertz CT molecular complexity index is 728. The Hall–Kier alpha value is -1.98. The molecule has 0 saturated heterocycles. The van der Waals surface area contributed by atoms with E-state index in [-0.39, 0.29) is 0 Å². The lowest BCUT2D eigenvalue weighted by atomic mass is 10.4. The van der Waals surface area contributed by atoms with Crippen LogP contribution in [0.3, 0.4) is 0 Å². The lowest BCUT2D eigenvalue weighted by Crippen LogP contribution is -1.74. The van der Waals surface area contributed by atoms with Crippen molar-refractivity contribution < 1.29 is 4.74 Å². The van der Waals surface area contributed by atoms with Crippen molar-refractivity contribution in [3.63, 3.8) is 0 Å². The Morgan fingerprint density at radius 1 is 0.789 bits per heavy atom. The van der Waals surface area contributed by atoms with Crippen LogP contribution in [0.4, 0.5) is 0 Å². The average molecular weight is 284 g/mol. The van der Waals surface area contributed by atoms with Crippen LogP contribution in [-0.2, 0) is 0 Å². The van der Waals surface area contributed by atoms with Crippen LogP contribution in [0.5, 0.6) is 10.1 Å². The van der Waals surface area contributed by atoms with Gasteiger partial charge >= 0.3 is 0 Å². The number of fused-ring (bicyclic) bond motifs is 2. The molecule has 0 aliphatic rings. The molecule has 0 bridgehead atoms. The number of rotatable bonds is 2. The van der Waals surface area contributed by atoms with Gasteiger partial charge in [-0.3, -0.25) is 9.97 Å². The monoisotopic (exact) mass is 284 g/mol. The van der Waals surface area contributed by atoms with E-state index in [1.54, 1.807) is 35.1 Å². The molecule has 4 heterocycles. The molecule has 4 aromatic heterocycles. The maximum atomic E-state index is 5.91. The Morgan fingerprint density at radius 2 is 1.32 bits per heavy atom. The van der Waals surface area contributed by atoms with Crippen LogP contribution in [0, 0.1) is 0 Å². The first-order chi connectivity index (χ1) is 9.38. The van der Waals surface area contributed by atoms with E-state index < -0.39 is 0 Å². The second kappa shape index (κ2) is 4.29. The zero-order valence-corrected chi connectivity index (χ0v) is 11.4. The number of pyridine rings is 2. The maximum Gasteiger partial charge on any atom is 0.184 e. The molecule has 0 fully saturated rings. The summed E-state index contributed by atoms with van der Waals surface area (Å²) in [6.45, 7) is 0. The fraction of sp³-hybridized carbons (Fsp3) is 0. The highest BCUT2D eigenvalue weighted by molar-refractivity contribution is 7.22. The smallest absolute Gasteiger partial charge is 0.184 e. The lowest BCUT2D eigenvalue weighted by molar-refractivity contribution is 0.512. The maximum absolute atomic E-state index is 5.91. The van der Waals surface area contributed by atoms with Crippen LogP contribution in [0.15, 0.2) is 48.8 Å². The van der Waals surface area contributed by atoms with Gasteiger partial charge in [-0.2, -0.15) is 0 Å². The normalized spacial score (nSPS) is 11.2. The number of thiophene rings is 2. The molecule has 4 rings (SSSR count). The van der Waals surface area contributed by atoms with Gasteiger partial charge in [-0.15, -0.1) is 0 Å². The number of ether oxygens (including phenoxy) is 1. The minimum absolute atomic E-state index is 0.861. The molecule has 92 valence electrons. The molecule has 4 aromatic rings. The number of hydrogen-bond acceptors (Lipinski definition) is 5. The first kappa shape index (κ1) is 10.9. The van der Waals surface area contributed by atoms with Crippen molar-refractivity contribution in [2.24, 2.45) is 0 Å². The molecule has 0 radical (unpaired) electrons. The van der Waals surface area contributed by atoms with Gasteiger partial charge in [-0.1, -0.05) is 22.7 Å². The predicted molar refractivity (Wildman–Crippen MR) is 79.3 cm³/mol. The van der Waals surface area contributed by atoms with Crippen molar-refractivity contribution in [2.45, 2.75) is 0 Å². The van der Waals surface area contributed by atoms with Crippen molar-refractivity contribution in [1.82, 2.24) is 9.97 Å². The summed E-state index contributed by atoms with van der Waals surface area (Å²) in [6, 6.07) is 11.9. The van der Waals surface area contributed by atoms with Crippen molar-refractivity contribution in [3.05, 3.63) is 48.8 Å². The summed E-state index contributed by atoms with van der Waals surface area (Å²) in [5.74, 6) is 0. The molecule has 0 amide bonds. The van der Waals surface area contributed by atoms with E-state index in [0.29, 0.717) is 0 Å². The molecule has 5 heteroatoms.